The van der Waals surface area contributed by atoms with Crippen LogP contribution in [0.4, 0.5) is 0 Å². The van der Waals surface area contributed by atoms with Gasteiger partial charge in [-0.05, 0) is 42.0 Å². The molecule has 0 amide bonds. The lowest BCUT2D eigenvalue weighted by atomic mass is 10.0. The molecule has 0 atom stereocenters. The van der Waals surface area contributed by atoms with Crippen LogP contribution >= 0.6 is 0 Å². The fourth-order valence-corrected chi connectivity index (χ4v) is 2.56. The molecule has 0 aromatic heterocycles. The summed E-state index contributed by atoms with van der Waals surface area (Å²) in [6.07, 6.45) is 6.83. The van der Waals surface area contributed by atoms with E-state index in [1.165, 1.54) is 16.7 Å². The molecule has 0 aliphatic heterocycles. The van der Waals surface area contributed by atoms with E-state index in [4.69, 9.17) is 0 Å². The largest absolute Gasteiger partial charge is 0.0795 e. The smallest absolute Gasteiger partial charge is 0.00517 e. The summed E-state index contributed by atoms with van der Waals surface area (Å²) in [5.41, 5.74) is 7.49. The molecule has 0 saturated carbocycles. The average Bonchev–Trinajstić information content (AvgIpc) is 2.84. The Bertz CT molecular complexity index is 484. The first-order valence-corrected chi connectivity index (χ1v) is 5.50. The summed E-state index contributed by atoms with van der Waals surface area (Å²) in [6, 6.07) is 10.7. The number of hydrogen-bond acceptors (Lipinski definition) is 0. The first kappa shape index (κ1) is 8.72. The maximum Gasteiger partial charge on any atom is -0.00517 e. The van der Waals surface area contributed by atoms with Crippen molar-refractivity contribution in [2.24, 2.45) is 0 Å². The Kier molecular flexibility index (Phi) is 1.88. The van der Waals surface area contributed by atoms with Gasteiger partial charge in [-0.15, -0.1) is 0 Å². The molecule has 2 aliphatic carbocycles. The number of hydrogen-bond donors (Lipinski definition) is 0. The maximum atomic E-state index is 2.29. The van der Waals surface area contributed by atoms with Gasteiger partial charge >= 0.3 is 0 Å². The Labute approximate surface area is 90.6 Å². The van der Waals surface area contributed by atoms with E-state index in [0.29, 0.717) is 0 Å². The lowest BCUT2D eigenvalue weighted by Crippen LogP contribution is -1.83. The zero-order valence-electron chi connectivity index (χ0n) is 8.96. The van der Waals surface area contributed by atoms with Crippen LogP contribution in [0.3, 0.4) is 0 Å². The molecule has 0 nitrogen and oxygen atoms in total. The van der Waals surface area contributed by atoms with Gasteiger partial charge in [0.15, 0.2) is 0 Å². The summed E-state index contributed by atoms with van der Waals surface area (Å²) < 4.78 is 0. The van der Waals surface area contributed by atoms with Crippen molar-refractivity contribution in [3.05, 3.63) is 64.8 Å². The topological polar surface area (TPSA) is 0 Å². The SMILES string of the molecule is CC1=C2CC=CC2=C(c2ccccc2)C1. The minimum atomic E-state index is 1.14. The molecule has 2 aliphatic rings. The van der Waals surface area contributed by atoms with Gasteiger partial charge in [0.1, 0.15) is 0 Å². The van der Waals surface area contributed by atoms with Crippen LogP contribution in [0.15, 0.2) is 59.2 Å². The van der Waals surface area contributed by atoms with Crippen molar-refractivity contribution in [1.29, 1.82) is 0 Å². The zero-order valence-corrected chi connectivity index (χ0v) is 8.96. The predicted octanol–water partition coefficient (Wildman–Crippen LogP) is 4.12. The number of allylic oxidation sites excluding steroid dienone is 6. The second kappa shape index (κ2) is 3.23. The van der Waals surface area contributed by atoms with Crippen molar-refractivity contribution in [1.82, 2.24) is 0 Å². The van der Waals surface area contributed by atoms with Gasteiger partial charge in [0.25, 0.3) is 0 Å². The van der Waals surface area contributed by atoms with Crippen molar-refractivity contribution in [2.75, 3.05) is 0 Å². The molecule has 1 aromatic rings. The van der Waals surface area contributed by atoms with E-state index >= 15 is 0 Å². The number of rotatable bonds is 1. The minimum absolute atomic E-state index is 1.14. The standard InChI is InChI=1S/C15H14/c1-11-10-15(12-6-3-2-4-7-12)14-9-5-8-13(11)14/h2-7,9H,8,10H2,1H3. The normalized spacial score (nSPS) is 19.0. The summed E-state index contributed by atoms with van der Waals surface area (Å²) in [5, 5.41) is 0. The molecule has 0 heterocycles. The number of fused-ring (bicyclic) bond motifs is 1. The molecule has 1 aromatic carbocycles. The molecule has 0 fully saturated rings. The van der Waals surface area contributed by atoms with Crippen LogP contribution in [0.1, 0.15) is 25.3 Å². The van der Waals surface area contributed by atoms with Gasteiger partial charge in [-0.25, -0.2) is 0 Å². The Morgan fingerprint density at radius 2 is 1.80 bits per heavy atom. The molecular weight excluding hydrogens is 180 g/mol. The second-order valence-electron chi connectivity index (χ2n) is 4.30. The van der Waals surface area contributed by atoms with E-state index in [9.17, 15) is 0 Å². The summed E-state index contributed by atoms with van der Waals surface area (Å²) in [4.78, 5) is 0. The van der Waals surface area contributed by atoms with Crippen LogP contribution in [-0.4, -0.2) is 0 Å². The molecule has 0 spiro atoms. The summed E-state index contributed by atoms with van der Waals surface area (Å²) in [7, 11) is 0. The Morgan fingerprint density at radius 1 is 1.00 bits per heavy atom. The molecule has 74 valence electrons. The molecule has 15 heavy (non-hydrogen) atoms. The second-order valence-corrected chi connectivity index (χ2v) is 4.30. The van der Waals surface area contributed by atoms with Gasteiger partial charge in [0, 0.05) is 0 Å². The van der Waals surface area contributed by atoms with Crippen LogP contribution in [-0.2, 0) is 0 Å². The quantitative estimate of drug-likeness (QED) is 0.630. The molecule has 0 radical (unpaired) electrons. The van der Waals surface area contributed by atoms with Crippen molar-refractivity contribution >= 4 is 5.57 Å². The summed E-state index contributed by atoms with van der Waals surface area (Å²) in [5.74, 6) is 0. The Morgan fingerprint density at radius 3 is 2.60 bits per heavy atom. The van der Waals surface area contributed by atoms with Crippen LogP contribution < -0.4 is 0 Å². The van der Waals surface area contributed by atoms with Gasteiger partial charge in [-0.3, -0.25) is 0 Å². The third kappa shape index (κ3) is 1.29. The van der Waals surface area contributed by atoms with Gasteiger partial charge in [-0.2, -0.15) is 0 Å². The highest BCUT2D eigenvalue weighted by Gasteiger charge is 2.22. The fraction of sp³-hybridized carbons (Fsp3) is 0.200. The molecule has 3 rings (SSSR count). The molecule has 0 saturated heterocycles. The third-order valence-corrected chi connectivity index (χ3v) is 3.34. The minimum Gasteiger partial charge on any atom is -0.0795 e. The highest BCUT2D eigenvalue weighted by atomic mass is 14.3. The van der Waals surface area contributed by atoms with Crippen LogP contribution in [0.2, 0.25) is 0 Å². The van der Waals surface area contributed by atoms with E-state index < -0.39 is 0 Å². The van der Waals surface area contributed by atoms with E-state index in [2.05, 4.69) is 49.4 Å². The van der Waals surface area contributed by atoms with Gasteiger partial charge in [0.2, 0.25) is 0 Å². The Balaban J connectivity index is 2.11. The molecule has 0 unspecified atom stereocenters. The van der Waals surface area contributed by atoms with Crippen molar-refractivity contribution in [3.63, 3.8) is 0 Å². The van der Waals surface area contributed by atoms with Crippen LogP contribution in [0.25, 0.3) is 5.57 Å². The van der Waals surface area contributed by atoms with E-state index in [-0.39, 0.29) is 0 Å². The van der Waals surface area contributed by atoms with Crippen LogP contribution in [0, 0.1) is 0 Å². The lowest BCUT2D eigenvalue weighted by Gasteiger charge is -2.04. The van der Waals surface area contributed by atoms with E-state index in [0.717, 1.165) is 12.8 Å². The molecular formula is C15H14. The highest BCUT2D eigenvalue weighted by Crippen LogP contribution is 2.43. The molecule has 0 N–H and O–H groups in total. The first-order chi connectivity index (χ1) is 7.36. The van der Waals surface area contributed by atoms with Gasteiger partial charge < -0.3 is 0 Å². The third-order valence-electron chi connectivity index (χ3n) is 3.34. The van der Waals surface area contributed by atoms with E-state index in [1.54, 1.807) is 11.1 Å². The maximum absolute atomic E-state index is 2.29. The van der Waals surface area contributed by atoms with Gasteiger partial charge in [-0.1, -0.05) is 48.1 Å². The fourth-order valence-electron chi connectivity index (χ4n) is 2.56. The van der Waals surface area contributed by atoms with Gasteiger partial charge in [0.05, 0.1) is 0 Å². The van der Waals surface area contributed by atoms with E-state index in [1.807, 2.05) is 0 Å². The highest BCUT2D eigenvalue weighted by molar-refractivity contribution is 5.82. The molecule has 0 bridgehead atoms. The van der Waals surface area contributed by atoms with Crippen molar-refractivity contribution in [2.45, 2.75) is 19.8 Å². The van der Waals surface area contributed by atoms with Crippen molar-refractivity contribution in [3.8, 4) is 0 Å². The zero-order chi connectivity index (χ0) is 10.3. The summed E-state index contributed by atoms with van der Waals surface area (Å²) >= 11 is 0. The Hall–Kier alpha value is -1.56. The average molecular weight is 194 g/mol. The van der Waals surface area contributed by atoms with Crippen molar-refractivity contribution < 1.29 is 0 Å². The first-order valence-electron chi connectivity index (χ1n) is 5.50. The predicted molar refractivity (Wildman–Crippen MR) is 64.4 cm³/mol. The van der Waals surface area contributed by atoms with Crippen LogP contribution in [0.5, 0.6) is 0 Å². The monoisotopic (exact) mass is 194 g/mol. The number of benzene rings is 1. The summed E-state index contributed by atoms with van der Waals surface area (Å²) in [6.45, 7) is 2.26. The lowest BCUT2D eigenvalue weighted by molar-refractivity contribution is 1.18. The molecule has 0 heteroatoms.